The monoisotopic (exact) mass is 418 g/mol. The van der Waals surface area contributed by atoms with Crippen LogP contribution in [0, 0.1) is 0 Å². The first-order valence-corrected chi connectivity index (χ1v) is 9.96. The summed E-state index contributed by atoms with van der Waals surface area (Å²) in [5, 5.41) is 11.8. The van der Waals surface area contributed by atoms with Crippen molar-refractivity contribution in [2.24, 2.45) is 0 Å². The molecule has 0 saturated carbocycles. The highest BCUT2D eigenvalue weighted by atomic mass is 19.4. The topological polar surface area (TPSA) is 20.2 Å². The third-order valence-corrected chi connectivity index (χ3v) is 5.65. The van der Waals surface area contributed by atoms with E-state index in [-0.39, 0.29) is 0 Å². The van der Waals surface area contributed by atoms with E-state index in [1.54, 1.807) is 0 Å². The summed E-state index contributed by atoms with van der Waals surface area (Å²) >= 11 is 0. The van der Waals surface area contributed by atoms with Gasteiger partial charge in [-0.2, -0.15) is 13.2 Å². The van der Waals surface area contributed by atoms with E-state index in [1.165, 1.54) is 12.1 Å². The van der Waals surface area contributed by atoms with Crippen molar-refractivity contribution in [3.05, 3.63) is 143 Å². The van der Waals surface area contributed by atoms with E-state index >= 15 is 0 Å². The van der Waals surface area contributed by atoms with Crippen molar-refractivity contribution in [1.29, 1.82) is 0 Å². The second kappa shape index (κ2) is 8.40. The van der Waals surface area contributed by atoms with Crippen molar-refractivity contribution in [2.75, 3.05) is 0 Å². The summed E-state index contributed by atoms with van der Waals surface area (Å²) in [5.41, 5.74) is 1.20. The summed E-state index contributed by atoms with van der Waals surface area (Å²) in [6.45, 7) is 0. The Morgan fingerprint density at radius 2 is 0.839 bits per heavy atom. The molecule has 0 aromatic heterocycles. The van der Waals surface area contributed by atoms with Gasteiger partial charge in [-0.05, 0) is 34.4 Å². The quantitative estimate of drug-likeness (QED) is 0.355. The van der Waals surface area contributed by atoms with E-state index in [9.17, 15) is 18.3 Å². The van der Waals surface area contributed by atoms with Gasteiger partial charge in [0.05, 0.1) is 17.1 Å². The summed E-state index contributed by atoms with van der Waals surface area (Å²) in [7, 11) is 0. The van der Waals surface area contributed by atoms with Crippen molar-refractivity contribution in [2.45, 2.75) is 17.7 Å². The second-order valence-electron chi connectivity index (χ2n) is 7.43. The minimum absolute atomic E-state index is 0.407. The fourth-order valence-corrected chi connectivity index (χ4v) is 4.18. The molecule has 0 bridgehead atoms. The number of rotatable bonds is 5. The van der Waals surface area contributed by atoms with E-state index in [4.69, 9.17) is 0 Å². The molecule has 4 aromatic carbocycles. The molecule has 4 aromatic rings. The van der Waals surface area contributed by atoms with Crippen molar-refractivity contribution < 1.29 is 18.3 Å². The largest absolute Gasteiger partial charge is 0.416 e. The fourth-order valence-electron chi connectivity index (χ4n) is 4.18. The summed E-state index contributed by atoms with van der Waals surface area (Å²) in [6.07, 6.45) is -5.55. The van der Waals surface area contributed by atoms with Gasteiger partial charge in [0, 0.05) is 0 Å². The zero-order chi connectivity index (χ0) is 21.9. The number of alkyl halides is 3. The maximum atomic E-state index is 13.1. The van der Waals surface area contributed by atoms with Crippen LogP contribution in [-0.4, -0.2) is 5.11 Å². The summed E-state index contributed by atoms with van der Waals surface area (Å²) in [6, 6.07) is 33.5. The first-order chi connectivity index (χ1) is 14.9. The normalized spacial score (nSPS) is 13.0. The maximum Gasteiger partial charge on any atom is 0.416 e. The Bertz CT molecular complexity index is 1010. The molecule has 0 aliphatic rings. The van der Waals surface area contributed by atoms with Gasteiger partial charge in [-0.25, -0.2) is 0 Å². The Balaban J connectivity index is 1.98. The van der Waals surface area contributed by atoms with Crippen LogP contribution < -0.4 is 0 Å². The van der Waals surface area contributed by atoms with Crippen molar-refractivity contribution in [1.82, 2.24) is 0 Å². The highest BCUT2D eigenvalue weighted by molar-refractivity contribution is 5.53. The van der Waals surface area contributed by atoms with Crippen molar-refractivity contribution in [3.63, 3.8) is 0 Å². The Kier molecular flexibility index (Phi) is 5.66. The molecular weight excluding hydrogens is 397 g/mol. The third kappa shape index (κ3) is 3.87. The molecule has 4 heteroatoms. The molecule has 4 rings (SSSR count). The molecule has 1 N–H and O–H groups in total. The number of hydrogen-bond donors (Lipinski definition) is 1. The molecule has 1 unspecified atom stereocenters. The van der Waals surface area contributed by atoms with Crippen molar-refractivity contribution in [3.8, 4) is 0 Å². The van der Waals surface area contributed by atoms with Gasteiger partial charge < -0.3 is 5.11 Å². The van der Waals surface area contributed by atoms with Gasteiger partial charge in [0.2, 0.25) is 0 Å². The molecule has 0 amide bonds. The average molecular weight is 418 g/mol. The molecule has 0 spiro atoms. The van der Waals surface area contributed by atoms with Crippen LogP contribution in [0.25, 0.3) is 0 Å². The highest BCUT2D eigenvalue weighted by Gasteiger charge is 2.44. The van der Waals surface area contributed by atoms with E-state index in [2.05, 4.69) is 0 Å². The lowest BCUT2D eigenvalue weighted by Crippen LogP contribution is -2.36. The number of aliphatic hydroxyl groups excluding tert-OH is 1. The Labute approximate surface area is 179 Å². The second-order valence-corrected chi connectivity index (χ2v) is 7.43. The molecule has 0 aliphatic carbocycles. The van der Waals surface area contributed by atoms with Crippen molar-refractivity contribution >= 4 is 0 Å². The van der Waals surface area contributed by atoms with Gasteiger partial charge in [-0.15, -0.1) is 0 Å². The Hall–Kier alpha value is -3.37. The molecule has 1 atom stereocenters. The highest BCUT2D eigenvalue weighted by Crippen LogP contribution is 2.48. The molecule has 0 radical (unpaired) electrons. The van der Waals surface area contributed by atoms with Gasteiger partial charge >= 0.3 is 6.18 Å². The van der Waals surface area contributed by atoms with Gasteiger partial charge in [0.15, 0.2) is 0 Å². The van der Waals surface area contributed by atoms with E-state index < -0.39 is 23.3 Å². The van der Waals surface area contributed by atoms with E-state index in [0.29, 0.717) is 5.56 Å². The van der Waals surface area contributed by atoms with Crippen LogP contribution in [-0.2, 0) is 11.6 Å². The number of benzene rings is 4. The molecule has 0 aliphatic heterocycles. The van der Waals surface area contributed by atoms with Crippen LogP contribution in [0.1, 0.15) is 33.9 Å². The number of hydrogen-bond acceptors (Lipinski definition) is 1. The smallest absolute Gasteiger partial charge is 0.387 e. The van der Waals surface area contributed by atoms with Crippen LogP contribution in [0.15, 0.2) is 115 Å². The predicted molar refractivity (Wildman–Crippen MR) is 116 cm³/mol. The average Bonchev–Trinajstić information content (AvgIpc) is 2.81. The van der Waals surface area contributed by atoms with Gasteiger partial charge in [0.1, 0.15) is 0 Å². The summed E-state index contributed by atoms with van der Waals surface area (Å²) < 4.78 is 39.3. The lowest BCUT2D eigenvalue weighted by molar-refractivity contribution is -0.137. The van der Waals surface area contributed by atoms with Gasteiger partial charge in [-0.3, -0.25) is 0 Å². The SMILES string of the molecule is OC(c1ccc(C(F)(F)F)cc1)C(c1ccccc1)(c1ccccc1)c1ccccc1. The number of halogens is 3. The van der Waals surface area contributed by atoms with E-state index in [1.807, 2.05) is 91.0 Å². The van der Waals surface area contributed by atoms with Crippen LogP contribution in [0.4, 0.5) is 13.2 Å². The lowest BCUT2D eigenvalue weighted by Gasteiger charge is -2.40. The molecule has 0 fully saturated rings. The Morgan fingerprint density at radius 3 is 1.16 bits per heavy atom. The van der Waals surface area contributed by atoms with Crippen LogP contribution in [0.3, 0.4) is 0 Å². The van der Waals surface area contributed by atoms with Crippen LogP contribution >= 0.6 is 0 Å². The predicted octanol–water partition coefficient (Wildman–Crippen LogP) is 6.77. The molecule has 156 valence electrons. The molecule has 0 heterocycles. The molecule has 1 nitrogen and oxygen atoms in total. The number of aliphatic hydroxyl groups is 1. The standard InChI is InChI=1S/C27H21F3O/c28-27(29,30)24-18-16-20(17-19-24)25(31)26(21-10-4-1-5-11-21,22-12-6-2-7-13-22)23-14-8-3-9-15-23/h1-19,25,31H. The zero-order valence-corrected chi connectivity index (χ0v) is 16.6. The molecular formula is C27H21F3O. The maximum absolute atomic E-state index is 13.1. The molecule has 31 heavy (non-hydrogen) atoms. The first-order valence-electron chi connectivity index (χ1n) is 9.96. The van der Waals surface area contributed by atoms with Gasteiger partial charge in [0.25, 0.3) is 0 Å². The third-order valence-electron chi connectivity index (χ3n) is 5.65. The summed E-state index contributed by atoms with van der Waals surface area (Å²) in [4.78, 5) is 0. The fraction of sp³-hybridized carbons (Fsp3) is 0.111. The zero-order valence-electron chi connectivity index (χ0n) is 16.6. The minimum Gasteiger partial charge on any atom is -0.387 e. The molecule has 0 saturated heterocycles. The first kappa shape index (κ1) is 20.9. The van der Waals surface area contributed by atoms with Gasteiger partial charge in [-0.1, -0.05) is 103 Å². The summed E-state index contributed by atoms with van der Waals surface area (Å²) in [5.74, 6) is 0. The van der Waals surface area contributed by atoms with E-state index in [0.717, 1.165) is 28.8 Å². The lowest BCUT2D eigenvalue weighted by atomic mass is 9.64. The Morgan fingerprint density at radius 1 is 0.484 bits per heavy atom. The van der Waals surface area contributed by atoms with Crippen LogP contribution in [0.5, 0.6) is 0 Å². The minimum atomic E-state index is -4.43. The van der Waals surface area contributed by atoms with Crippen LogP contribution in [0.2, 0.25) is 0 Å².